The molecule has 0 saturated carbocycles. The van der Waals surface area contributed by atoms with Crippen LogP contribution in [0.1, 0.15) is 0 Å². The largest absolute Gasteiger partial charge is 0.378 e. The van der Waals surface area contributed by atoms with Crippen LogP contribution in [0.4, 0.5) is 0 Å². The molecule has 0 aliphatic rings. The van der Waals surface area contributed by atoms with Gasteiger partial charge in [0, 0.05) is 12.5 Å². The molecule has 1 N–H and O–H groups in total. The molecule has 0 atom stereocenters. The molecule has 0 unspecified atom stereocenters. The molecule has 0 aliphatic heterocycles. The molecule has 3 heteroatoms. The first-order valence-electron chi connectivity index (χ1n) is 1.49. The highest BCUT2D eigenvalue weighted by Crippen LogP contribution is 1.93. The SMILES string of the molecule is CN/C(Cl)=C\S. The Bertz CT molecular complexity index is 61.8. The summed E-state index contributed by atoms with van der Waals surface area (Å²) >= 11 is 9.06. The van der Waals surface area contributed by atoms with Crippen molar-refractivity contribution in [1.29, 1.82) is 0 Å². The fraction of sp³-hybridized carbons (Fsp3) is 0.333. The van der Waals surface area contributed by atoms with Crippen LogP contribution in [0.2, 0.25) is 0 Å². The number of thiol groups is 1. The van der Waals surface area contributed by atoms with E-state index in [0.29, 0.717) is 5.16 Å². The monoisotopic (exact) mass is 123 g/mol. The van der Waals surface area contributed by atoms with Crippen molar-refractivity contribution < 1.29 is 0 Å². The number of hydrogen-bond acceptors (Lipinski definition) is 2. The summed E-state index contributed by atoms with van der Waals surface area (Å²) in [6.45, 7) is 0. The Kier molecular flexibility index (Phi) is 3.47. The smallest absolute Gasteiger partial charge is 0.108 e. The Labute approximate surface area is 47.8 Å². The standard InChI is InChI=1S/C3H6ClNS/c1-5-3(4)2-6/h2,5-6H,1H3/b3-2-. The lowest BCUT2D eigenvalue weighted by Crippen LogP contribution is -1.96. The average Bonchev–Trinajstić information content (AvgIpc) is 1.65. The van der Waals surface area contributed by atoms with Gasteiger partial charge in [-0.25, -0.2) is 0 Å². The van der Waals surface area contributed by atoms with Crippen LogP contribution in [-0.4, -0.2) is 7.05 Å². The lowest BCUT2D eigenvalue weighted by atomic mass is 11.0. The molecule has 0 fully saturated rings. The molecule has 0 aliphatic carbocycles. The van der Waals surface area contributed by atoms with Gasteiger partial charge in [-0.15, -0.1) is 12.6 Å². The molecule has 0 amide bonds. The van der Waals surface area contributed by atoms with Gasteiger partial charge in [0.1, 0.15) is 5.16 Å². The van der Waals surface area contributed by atoms with Gasteiger partial charge in [-0.3, -0.25) is 0 Å². The zero-order valence-corrected chi connectivity index (χ0v) is 5.05. The predicted molar refractivity (Wildman–Crippen MR) is 32.0 cm³/mol. The zero-order chi connectivity index (χ0) is 4.99. The van der Waals surface area contributed by atoms with Crippen molar-refractivity contribution in [1.82, 2.24) is 5.32 Å². The van der Waals surface area contributed by atoms with Crippen molar-refractivity contribution in [2.24, 2.45) is 0 Å². The van der Waals surface area contributed by atoms with E-state index in [4.69, 9.17) is 11.6 Å². The van der Waals surface area contributed by atoms with Crippen LogP contribution in [0.15, 0.2) is 10.6 Å². The molecule has 0 bridgehead atoms. The van der Waals surface area contributed by atoms with Crippen LogP contribution >= 0.6 is 24.2 Å². The topological polar surface area (TPSA) is 12.0 Å². The van der Waals surface area contributed by atoms with Gasteiger partial charge in [-0.1, -0.05) is 11.6 Å². The summed E-state index contributed by atoms with van der Waals surface area (Å²) < 4.78 is 0. The molecule has 0 aromatic carbocycles. The second-order valence-electron chi connectivity index (χ2n) is 0.727. The van der Waals surface area contributed by atoms with Gasteiger partial charge in [0.05, 0.1) is 0 Å². The number of hydrogen-bond donors (Lipinski definition) is 2. The van der Waals surface area contributed by atoms with E-state index in [2.05, 4.69) is 17.9 Å². The molecular formula is C3H6ClNS. The third kappa shape index (κ3) is 2.42. The van der Waals surface area contributed by atoms with E-state index in [1.807, 2.05) is 0 Å². The lowest BCUT2D eigenvalue weighted by molar-refractivity contribution is 1.08. The average molecular weight is 124 g/mol. The highest BCUT2D eigenvalue weighted by molar-refractivity contribution is 7.83. The van der Waals surface area contributed by atoms with Crippen LogP contribution in [0.3, 0.4) is 0 Å². The van der Waals surface area contributed by atoms with E-state index >= 15 is 0 Å². The van der Waals surface area contributed by atoms with Crippen molar-refractivity contribution in [3.05, 3.63) is 10.6 Å². The zero-order valence-electron chi connectivity index (χ0n) is 3.40. The van der Waals surface area contributed by atoms with Gasteiger partial charge in [0.2, 0.25) is 0 Å². The summed E-state index contributed by atoms with van der Waals surface area (Å²) in [5.41, 5.74) is 0. The third-order valence-corrected chi connectivity index (χ3v) is 1.06. The van der Waals surface area contributed by atoms with Crippen LogP contribution in [-0.2, 0) is 0 Å². The fourth-order valence-electron chi connectivity index (χ4n) is 0.0645. The van der Waals surface area contributed by atoms with Crippen LogP contribution in [0, 0.1) is 0 Å². The number of rotatable bonds is 1. The molecule has 0 aromatic rings. The minimum atomic E-state index is 0.554. The van der Waals surface area contributed by atoms with Crippen LogP contribution < -0.4 is 5.32 Å². The van der Waals surface area contributed by atoms with Gasteiger partial charge in [0.15, 0.2) is 0 Å². The summed E-state index contributed by atoms with van der Waals surface area (Å²) in [7, 11) is 1.73. The Morgan fingerprint density at radius 1 is 2.00 bits per heavy atom. The first kappa shape index (κ1) is 6.18. The predicted octanol–water partition coefficient (Wildman–Crippen LogP) is 1.17. The van der Waals surface area contributed by atoms with E-state index < -0.39 is 0 Å². The second-order valence-corrected chi connectivity index (χ2v) is 1.39. The van der Waals surface area contributed by atoms with Crippen molar-refractivity contribution in [3.8, 4) is 0 Å². The first-order valence-corrected chi connectivity index (χ1v) is 2.38. The van der Waals surface area contributed by atoms with Gasteiger partial charge in [-0.2, -0.15) is 0 Å². The Morgan fingerprint density at radius 3 is 2.50 bits per heavy atom. The quantitative estimate of drug-likeness (QED) is 0.394. The maximum absolute atomic E-state index is 5.32. The van der Waals surface area contributed by atoms with Gasteiger partial charge >= 0.3 is 0 Å². The van der Waals surface area contributed by atoms with Gasteiger partial charge in [-0.05, 0) is 0 Å². The molecule has 36 valence electrons. The fourth-order valence-corrected chi connectivity index (χ4v) is 0.194. The Morgan fingerprint density at radius 2 is 2.50 bits per heavy atom. The summed E-state index contributed by atoms with van der Waals surface area (Å²) in [5.74, 6) is 0. The summed E-state index contributed by atoms with van der Waals surface area (Å²) in [4.78, 5) is 0. The van der Waals surface area contributed by atoms with Crippen LogP contribution in [0.5, 0.6) is 0 Å². The Hall–Kier alpha value is 0.180. The van der Waals surface area contributed by atoms with Crippen LogP contribution in [0.25, 0.3) is 0 Å². The second kappa shape index (κ2) is 3.37. The minimum absolute atomic E-state index is 0.554. The maximum Gasteiger partial charge on any atom is 0.108 e. The summed E-state index contributed by atoms with van der Waals surface area (Å²) in [6.07, 6.45) is 0. The van der Waals surface area contributed by atoms with E-state index in [1.54, 1.807) is 7.05 Å². The van der Waals surface area contributed by atoms with E-state index in [9.17, 15) is 0 Å². The number of halogens is 1. The van der Waals surface area contributed by atoms with Gasteiger partial charge < -0.3 is 5.32 Å². The molecule has 0 radical (unpaired) electrons. The highest BCUT2D eigenvalue weighted by atomic mass is 35.5. The van der Waals surface area contributed by atoms with E-state index in [1.165, 1.54) is 5.41 Å². The summed E-state index contributed by atoms with van der Waals surface area (Å²) in [6, 6.07) is 0. The molecule has 1 nitrogen and oxygen atoms in total. The first-order chi connectivity index (χ1) is 2.81. The van der Waals surface area contributed by atoms with Crippen molar-refractivity contribution in [2.45, 2.75) is 0 Å². The van der Waals surface area contributed by atoms with Crippen molar-refractivity contribution in [3.63, 3.8) is 0 Å². The number of nitrogens with one attached hydrogen (secondary N) is 1. The lowest BCUT2D eigenvalue weighted by Gasteiger charge is -1.87. The minimum Gasteiger partial charge on any atom is -0.378 e. The van der Waals surface area contributed by atoms with E-state index in [0.717, 1.165) is 0 Å². The third-order valence-electron chi connectivity index (χ3n) is 0.352. The molecule has 0 spiro atoms. The van der Waals surface area contributed by atoms with Crippen molar-refractivity contribution in [2.75, 3.05) is 7.05 Å². The molecule has 0 rings (SSSR count). The molecule has 0 heterocycles. The molecule has 6 heavy (non-hydrogen) atoms. The molecule has 0 aromatic heterocycles. The van der Waals surface area contributed by atoms with Gasteiger partial charge in [0.25, 0.3) is 0 Å². The maximum atomic E-state index is 5.32. The molecule has 0 saturated heterocycles. The van der Waals surface area contributed by atoms with Crippen molar-refractivity contribution >= 4 is 24.2 Å². The highest BCUT2D eigenvalue weighted by Gasteiger charge is 1.74. The summed E-state index contributed by atoms with van der Waals surface area (Å²) in [5, 5.41) is 4.71. The Balaban J connectivity index is 3.22. The molecular weight excluding hydrogens is 118 g/mol. The van der Waals surface area contributed by atoms with E-state index in [-0.39, 0.29) is 0 Å². The normalized spacial score (nSPS) is 11.5.